The Kier molecular flexibility index (Phi) is 3.96. The molecule has 0 bridgehead atoms. The lowest BCUT2D eigenvalue weighted by Gasteiger charge is -2.04. The van der Waals surface area contributed by atoms with E-state index in [1.807, 2.05) is 30.5 Å². The van der Waals surface area contributed by atoms with Crippen molar-refractivity contribution in [2.24, 2.45) is 0 Å². The number of aromatic nitrogens is 3. The molecule has 3 aromatic rings. The summed E-state index contributed by atoms with van der Waals surface area (Å²) in [5, 5.41) is 15.6. The van der Waals surface area contributed by atoms with Crippen molar-refractivity contribution < 1.29 is 9.59 Å². The van der Waals surface area contributed by atoms with Gasteiger partial charge in [-0.3, -0.25) is 14.9 Å². The zero-order chi connectivity index (χ0) is 18.3. The smallest absolute Gasteiger partial charge is 0.259 e. The average molecular weight is 365 g/mol. The zero-order valence-corrected chi connectivity index (χ0v) is 14.9. The van der Waals surface area contributed by atoms with Gasteiger partial charge in [-0.05, 0) is 37.6 Å². The van der Waals surface area contributed by atoms with Crippen LogP contribution in [0.1, 0.15) is 34.5 Å². The lowest BCUT2D eigenvalue weighted by Crippen LogP contribution is -2.12. The molecular formula is C18H15N5O2S. The number of carbonyl (C=O) groups is 2. The lowest BCUT2D eigenvalue weighted by molar-refractivity contribution is -0.116. The van der Waals surface area contributed by atoms with Crippen molar-refractivity contribution in [1.29, 1.82) is 0 Å². The van der Waals surface area contributed by atoms with Gasteiger partial charge < -0.3 is 5.32 Å². The van der Waals surface area contributed by atoms with E-state index in [4.69, 9.17) is 0 Å². The summed E-state index contributed by atoms with van der Waals surface area (Å²) in [4.78, 5) is 28.6. The topological polar surface area (TPSA) is 96.9 Å². The van der Waals surface area contributed by atoms with Gasteiger partial charge in [-0.25, -0.2) is 4.98 Å². The molecule has 1 unspecified atom stereocenters. The normalized spacial score (nSPS) is 15.5. The summed E-state index contributed by atoms with van der Waals surface area (Å²) in [6.07, 6.45) is 1.42. The number of carbonyl (C=O) groups excluding carboxylic acids is 2. The highest BCUT2D eigenvalue weighted by atomic mass is 32.1. The number of anilines is 2. The first-order valence-corrected chi connectivity index (χ1v) is 8.90. The van der Waals surface area contributed by atoms with Crippen molar-refractivity contribution in [3.63, 3.8) is 0 Å². The summed E-state index contributed by atoms with van der Waals surface area (Å²) in [7, 11) is 0. The van der Waals surface area contributed by atoms with Gasteiger partial charge in [-0.15, -0.1) is 11.3 Å². The van der Waals surface area contributed by atoms with Crippen molar-refractivity contribution in [3.8, 4) is 11.3 Å². The van der Waals surface area contributed by atoms with E-state index in [9.17, 15) is 9.59 Å². The lowest BCUT2D eigenvalue weighted by atomic mass is 10.00. The average Bonchev–Trinajstić information content (AvgIpc) is 3.20. The molecule has 1 atom stereocenters. The van der Waals surface area contributed by atoms with E-state index in [0.29, 0.717) is 16.4 Å². The maximum absolute atomic E-state index is 12.3. The Morgan fingerprint density at radius 1 is 1.31 bits per heavy atom. The Balaban J connectivity index is 1.56. The summed E-state index contributed by atoms with van der Waals surface area (Å²) >= 11 is 1.34. The highest BCUT2D eigenvalue weighted by molar-refractivity contribution is 7.14. The number of amides is 2. The SMILES string of the molecule is Cc1cc(C(=O)Nc2nc(-c3ccc4c(c3)C(C)C(=O)N4)cs2)cnn1. The van der Waals surface area contributed by atoms with Crippen LogP contribution in [0.3, 0.4) is 0 Å². The monoisotopic (exact) mass is 365 g/mol. The predicted molar refractivity (Wildman–Crippen MR) is 99.3 cm³/mol. The van der Waals surface area contributed by atoms with Crippen LogP contribution in [-0.4, -0.2) is 27.0 Å². The second-order valence-electron chi connectivity index (χ2n) is 6.09. The first-order valence-electron chi connectivity index (χ1n) is 8.02. The van der Waals surface area contributed by atoms with E-state index in [2.05, 4.69) is 25.8 Å². The molecule has 130 valence electrons. The molecule has 1 aliphatic heterocycles. The van der Waals surface area contributed by atoms with Crippen LogP contribution in [0.5, 0.6) is 0 Å². The van der Waals surface area contributed by atoms with Crippen molar-refractivity contribution in [2.45, 2.75) is 19.8 Å². The van der Waals surface area contributed by atoms with Crippen LogP contribution in [0.15, 0.2) is 35.8 Å². The van der Waals surface area contributed by atoms with Gasteiger partial charge in [0.25, 0.3) is 5.91 Å². The van der Waals surface area contributed by atoms with E-state index < -0.39 is 0 Å². The Bertz CT molecular complexity index is 1030. The Morgan fingerprint density at radius 2 is 2.15 bits per heavy atom. The molecule has 4 rings (SSSR count). The summed E-state index contributed by atoms with van der Waals surface area (Å²) in [6, 6.07) is 7.43. The number of thiazole rings is 1. The molecular weight excluding hydrogens is 350 g/mol. The maximum atomic E-state index is 12.3. The molecule has 8 heteroatoms. The fourth-order valence-corrected chi connectivity index (χ4v) is 3.52. The second kappa shape index (κ2) is 6.30. The number of nitrogens with zero attached hydrogens (tertiary/aromatic N) is 3. The fraction of sp³-hybridized carbons (Fsp3) is 0.167. The van der Waals surface area contributed by atoms with Crippen LogP contribution in [0.2, 0.25) is 0 Å². The largest absolute Gasteiger partial charge is 0.325 e. The van der Waals surface area contributed by atoms with Crippen LogP contribution in [0, 0.1) is 6.92 Å². The molecule has 2 amide bonds. The molecule has 2 N–H and O–H groups in total. The van der Waals surface area contributed by atoms with Crippen molar-refractivity contribution in [1.82, 2.24) is 15.2 Å². The molecule has 26 heavy (non-hydrogen) atoms. The third-order valence-electron chi connectivity index (χ3n) is 4.23. The Labute approximate surface area is 153 Å². The van der Waals surface area contributed by atoms with Gasteiger partial charge in [0.1, 0.15) is 0 Å². The summed E-state index contributed by atoms with van der Waals surface area (Å²) < 4.78 is 0. The molecule has 0 aliphatic carbocycles. The Morgan fingerprint density at radius 3 is 2.96 bits per heavy atom. The summed E-state index contributed by atoms with van der Waals surface area (Å²) in [5.74, 6) is -0.448. The first-order chi connectivity index (χ1) is 12.5. The van der Waals surface area contributed by atoms with Crippen LogP contribution < -0.4 is 10.6 Å². The molecule has 0 saturated heterocycles. The number of rotatable bonds is 3. The minimum absolute atomic E-state index is 0.00429. The Hall–Kier alpha value is -3.13. The van der Waals surface area contributed by atoms with Crippen LogP contribution in [0.4, 0.5) is 10.8 Å². The molecule has 0 spiro atoms. The summed E-state index contributed by atoms with van der Waals surface area (Å²) in [5.41, 5.74) is 4.58. The van der Waals surface area contributed by atoms with E-state index in [1.165, 1.54) is 17.5 Å². The highest BCUT2D eigenvalue weighted by Gasteiger charge is 2.26. The van der Waals surface area contributed by atoms with Crippen LogP contribution in [-0.2, 0) is 4.79 Å². The number of hydrogen-bond donors (Lipinski definition) is 2. The molecule has 2 aromatic heterocycles. The highest BCUT2D eigenvalue weighted by Crippen LogP contribution is 2.36. The van der Waals surface area contributed by atoms with E-state index in [0.717, 1.165) is 22.5 Å². The second-order valence-corrected chi connectivity index (χ2v) is 6.95. The molecule has 7 nitrogen and oxygen atoms in total. The number of fused-ring (bicyclic) bond motifs is 1. The van der Waals surface area contributed by atoms with Crippen molar-refractivity contribution in [2.75, 3.05) is 10.6 Å². The molecule has 1 aliphatic rings. The molecule has 3 heterocycles. The standard InChI is InChI=1S/C18H15N5O2S/c1-9-5-12(7-19-23-9)17(25)22-18-21-15(8-26-18)11-3-4-14-13(6-11)10(2)16(24)20-14/h3-8,10H,1-2H3,(H,20,24)(H,21,22,25). The van der Waals surface area contributed by atoms with Gasteiger partial charge in [0.15, 0.2) is 5.13 Å². The third-order valence-corrected chi connectivity index (χ3v) is 4.99. The van der Waals surface area contributed by atoms with Gasteiger partial charge in [0.2, 0.25) is 5.91 Å². The van der Waals surface area contributed by atoms with Gasteiger partial charge in [0.05, 0.1) is 29.1 Å². The number of benzene rings is 1. The molecule has 1 aromatic carbocycles. The maximum Gasteiger partial charge on any atom is 0.259 e. The van der Waals surface area contributed by atoms with Crippen molar-refractivity contribution >= 4 is 34.0 Å². The van der Waals surface area contributed by atoms with E-state index >= 15 is 0 Å². The van der Waals surface area contributed by atoms with Gasteiger partial charge >= 0.3 is 0 Å². The fourth-order valence-electron chi connectivity index (χ4n) is 2.81. The van der Waals surface area contributed by atoms with E-state index in [-0.39, 0.29) is 17.7 Å². The van der Waals surface area contributed by atoms with Gasteiger partial charge in [0, 0.05) is 16.6 Å². The molecule has 0 radical (unpaired) electrons. The number of nitrogens with one attached hydrogen (secondary N) is 2. The first kappa shape index (κ1) is 16.3. The quantitative estimate of drug-likeness (QED) is 0.743. The van der Waals surface area contributed by atoms with Crippen LogP contribution >= 0.6 is 11.3 Å². The third kappa shape index (κ3) is 2.95. The van der Waals surface area contributed by atoms with Gasteiger partial charge in [-0.1, -0.05) is 6.07 Å². The summed E-state index contributed by atoms with van der Waals surface area (Å²) in [6.45, 7) is 3.65. The zero-order valence-electron chi connectivity index (χ0n) is 14.1. The van der Waals surface area contributed by atoms with Crippen LogP contribution in [0.25, 0.3) is 11.3 Å². The molecule has 0 fully saturated rings. The number of aryl methyl sites for hydroxylation is 1. The van der Waals surface area contributed by atoms with Crippen molar-refractivity contribution in [3.05, 3.63) is 52.7 Å². The van der Waals surface area contributed by atoms with E-state index in [1.54, 1.807) is 13.0 Å². The van der Waals surface area contributed by atoms with Gasteiger partial charge in [-0.2, -0.15) is 10.2 Å². The minimum Gasteiger partial charge on any atom is -0.325 e. The molecule has 0 saturated carbocycles. The predicted octanol–water partition coefficient (Wildman–Crippen LogP) is 3.22. The number of hydrogen-bond acceptors (Lipinski definition) is 6. The minimum atomic E-state index is -0.277.